The summed E-state index contributed by atoms with van der Waals surface area (Å²) in [6, 6.07) is 44.5. The molecule has 0 spiro atoms. The number of esters is 4. The standard InChI is InChI=1S/C54H48N2O8/c1-37-35-49(29-13-41(37)19-33-53(59)63-5)55(45-21-7-39(8-22-45)11-31-51(57)61-3)47-25-15-43(16-26-47)44-17-27-48(28-18-44)56(46-23-9-40(10-24-46)12-32-52(58)62-4)50-30-14-42(38(2)36-50)20-34-54(60)64-6/h7-36H,1-6H3/b31-11+,32-12+,33-19+,34-20+. The number of carbonyl (C=O) groups excluding carboxylic acids is 4. The van der Waals surface area contributed by atoms with Gasteiger partial charge in [0.15, 0.2) is 0 Å². The number of aryl methyl sites for hydroxylation is 2. The van der Waals surface area contributed by atoms with E-state index >= 15 is 0 Å². The van der Waals surface area contributed by atoms with E-state index in [2.05, 4.69) is 70.5 Å². The van der Waals surface area contributed by atoms with Crippen LogP contribution in [0.1, 0.15) is 33.4 Å². The molecule has 0 saturated heterocycles. The minimum absolute atomic E-state index is 0.427. The number of hydrogen-bond donors (Lipinski definition) is 0. The molecule has 0 aromatic heterocycles. The zero-order valence-corrected chi connectivity index (χ0v) is 36.5. The van der Waals surface area contributed by atoms with Crippen LogP contribution in [0.4, 0.5) is 34.1 Å². The molecule has 6 rings (SSSR count). The van der Waals surface area contributed by atoms with Gasteiger partial charge in [-0.2, -0.15) is 0 Å². The molecule has 322 valence electrons. The van der Waals surface area contributed by atoms with E-state index in [1.54, 1.807) is 24.3 Å². The molecule has 0 radical (unpaired) electrons. The molecule has 0 atom stereocenters. The van der Waals surface area contributed by atoms with E-state index in [0.717, 1.165) is 78.6 Å². The second kappa shape index (κ2) is 21.5. The molecule has 10 heteroatoms. The average molecular weight is 853 g/mol. The molecular formula is C54H48N2O8. The normalized spacial score (nSPS) is 11.3. The smallest absolute Gasteiger partial charge is 0.330 e. The highest BCUT2D eigenvalue weighted by Crippen LogP contribution is 2.39. The lowest BCUT2D eigenvalue weighted by Crippen LogP contribution is -2.10. The van der Waals surface area contributed by atoms with Crippen LogP contribution in [0.15, 0.2) is 158 Å². The van der Waals surface area contributed by atoms with Gasteiger partial charge in [-0.05, 0) is 155 Å². The van der Waals surface area contributed by atoms with E-state index in [0.29, 0.717) is 0 Å². The van der Waals surface area contributed by atoms with E-state index in [1.807, 2.05) is 86.6 Å². The van der Waals surface area contributed by atoms with Crippen LogP contribution < -0.4 is 9.80 Å². The van der Waals surface area contributed by atoms with Gasteiger partial charge in [-0.3, -0.25) is 0 Å². The van der Waals surface area contributed by atoms with Crippen molar-refractivity contribution in [1.82, 2.24) is 0 Å². The fourth-order valence-corrected chi connectivity index (χ4v) is 6.86. The Labute approximate surface area is 373 Å². The lowest BCUT2D eigenvalue weighted by Gasteiger charge is -2.27. The lowest BCUT2D eigenvalue weighted by molar-refractivity contribution is -0.135. The minimum atomic E-state index is -0.431. The topological polar surface area (TPSA) is 112 Å². The van der Waals surface area contributed by atoms with E-state index < -0.39 is 23.9 Å². The Morgan fingerprint density at radius 2 is 0.625 bits per heavy atom. The molecule has 64 heavy (non-hydrogen) atoms. The van der Waals surface area contributed by atoms with Gasteiger partial charge in [-0.15, -0.1) is 0 Å². The van der Waals surface area contributed by atoms with Crippen molar-refractivity contribution in [3.8, 4) is 11.1 Å². The molecule has 0 aliphatic carbocycles. The van der Waals surface area contributed by atoms with Crippen molar-refractivity contribution in [2.75, 3.05) is 38.2 Å². The maximum atomic E-state index is 11.8. The number of hydrogen-bond acceptors (Lipinski definition) is 10. The fraction of sp³-hybridized carbons (Fsp3) is 0.111. The highest BCUT2D eigenvalue weighted by molar-refractivity contribution is 5.90. The Morgan fingerprint density at radius 1 is 0.359 bits per heavy atom. The Balaban J connectivity index is 1.33. The van der Waals surface area contributed by atoms with Gasteiger partial charge in [0.05, 0.1) is 28.4 Å². The van der Waals surface area contributed by atoms with Crippen LogP contribution in [0, 0.1) is 13.8 Å². The summed E-state index contributed by atoms with van der Waals surface area (Å²) in [5.41, 5.74) is 12.9. The van der Waals surface area contributed by atoms with Crippen LogP contribution in [0.5, 0.6) is 0 Å². The van der Waals surface area contributed by atoms with Crippen molar-refractivity contribution in [2.24, 2.45) is 0 Å². The van der Waals surface area contributed by atoms with Crippen LogP contribution in [0.3, 0.4) is 0 Å². The third-order valence-electron chi connectivity index (χ3n) is 10.3. The molecule has 0 amide bonds. The largest absolute Gasteiger partial charge is 0.466 e. The molecular weight excluding hydrogens is 805 g/mol. The van der Waals surface area contributed by atoms with E-state index in [-0.39, 0.29) is 0 Å². The van der Waals surface area contributed by atoms with Crippen molar-refractivity contribution in [3.63, 3.8) is 0 Å². The molecule has 10 nitrogen and oxygen atoms in total. The Morgan fingerprint density at radius 3 is 0.906 bits per heavy atom. The van der Waals surface area contributed by atoms with E-state index in [9.17, 15) is 19.2 Å². The lowest BCUT2D eigenvalue weighted by atomic mass is 10.0. The van der Waals surface area contributed by atoms with Crippen LogP contribution >= 0.6 is 0 Å². The third-order valence-corrected chi connectivity index (χ3v) is 10.3. The molecule has 0 heterocycles. The van der Waals surface area contributed by atoms with Gasteiger partial charge < -0.3 is 28.7 Å². The highest BCUT2D eigenvalue weighted by atomic mass is 16.5. The van der Waals surface area contributed by atoms with Crippen molar-refractivity contribution in [2.45, 2.75) is 13.8 Å². The van der Waals surface area contributed by atoms with Crippen molar-refractivity contribution >= 4 is 82.3 Å². The number of ether oxygens (including phenoxy) is 4. The Hall–Kier alpha value is -8.24. The second-order valence-electron chi connectivity index (χ2n) is 14.5. The number of nitrogens with zero attached hydrogens (tertiary/aromatic N) is 2. The molecule has 0 aliphatic rings. The summed E-state index contributed by atoms with van der Waals surface area (Å²) >= 11 is 0. The molecule has 6 aromatic carbocycles. The van der Waals surface area contributed by atoms with E-state index in [4.69, 9.17) is 18.9 Å². The minimum Gasteiger partial charge on any atom is -0.466 e. The maximum absolute atomic E-state index is 11.8. The molecule has 0 fully saturated rings. The predicted octanol–water partition coefficient (Wildman–Crippen LogP) is 11.7. The third kappa shape index (κ3) is 11.6. The number of anilines is 6. The van der Waals surface area contributed by atoms with Gasteiger partial charge in [0.1, 0.15) is 0 Å². The van der Waals surface area contributed by atoms with Crippen LogP contribution in [0.25, 0.3) is 35.4 Å². The molecule has 0 aliphatic heterocycles. The predicted molar refractivity (Wildman–Crippen MR) is 255 cm³/mol. The number of carbonyl (C=O) groups is 4. The Bertz CT molecular complexity index is 2540. The summed E-state index contributed by atoms with van der Waals surface area (Å²) < 4.78 is 19.1. The molecule has 6 aromatic rings. The zero-order valence-electron chi connectivity index (χ0n) is 36.5. The molecule has 0 bridgehead atoms. The van der Waals surface area contributed by atoms with Crippen LogP contribution in [-0.4, -0.2) is 52.3 Å². The monoisotopic (exact) mass is 852 g/mol. The van der Waals surface area contributed by atoms with Gasteiger partial charge in [0, 0.05) is 58.4 Å². The average Bonchev–Trinajstić information content (AvgIpc) is 3.33. The number of benzene rings is 6. The zero-order chi connectivity index (χ0) is 45.6. The van der Waals surface area contributed by atoms with Crippen molar-refractivity contribution in [3.05, 3.63) is 191 Å². The quantitative estimate of drug-likeness (QED) is 0.0562. The van der Waals surface area contributed by atoms with Gasteiger partial charge >= 0.3 is 23.9 Å². The first kappa shape index (κ1) is 45.3. The van der Waals surface area contributed by atoms with Crippen LogP contribution in [-0.2, 0) is 38.1 Å². The summed E-state index contributed by atoms with van der Waals surface area (Å²) in [6.45, 7) is 3.99. The summed E-state index contributed by atoms with van der Waals surface area (Å²) in [7, 11) is 5.39. The number of methoxy groups -OCH3 is 4. The van der Waals surface area contributed by atoms with Gasteiger partial charge in [-0.1, -0.05) is 60.7 Å². The van der Waals surface area contributed by atoms with Crippen LogP contribution in [0.2, 0.25) is 0 Å². The first-order chi connectivity index (χ1) is 31.0. The first-order valence-corrected chi connectivity index (χ1v) is 20.3. The summed E-state index contributed by atoms with van der Waals surface area (Å²) in [5, 5.41) is 0. The fourth-order valence-electron chi connectivity index (χ4n) is 6.86. The summed E-state index contributed by atoms with van der Waals surface area (Å²) in [4.78, 5) is 51.4. The first-order valence-electron chi connectivity index (χ1n) is 20.3. The van der Waals surface area contributed by atoms with Gasteiger partial charge in [0.25, 0.3) is 0 Å². The van der Waals surface area contributed by atoms with Crippen molar-refractivity contribution < 1.29 is 38.1 Å². The van der Waals surface area contributed by atoms with Crippen molar-refractivity contribution in [1.29, 1.82) is 0 Å². The summed E-state index contributed by atoms with van der Waals surface area (Å²) in [6.07, 6.45) is 12.5. The van der Waals surface area contributed by atoms with Gasteiger partial charge in [-0.25, -0.2) is 19.2 Å². The number of rotatable bonds is 15. The van der Waals surface area contributed by atoms with Gasteiger partial charge in [0.2, 0.25) is 0 Å². The SMILES string of the molecule is COC(=O)/C=C/c1ccc(N(c2ccc(-c3ccc(N(c4ccc(/C=C/C(=O)OC)cc4)c4ccc(/C=C/C(=O)OC)c(C)c4)cc3)cc2)c2ccc(/C=C/C(=O)OC)c(C)c2)cc1. The Kier molecular flexibility index (Phi) is 15.2. The molecule has 0 saturated carbocycles. The molecule has 0 N–H and O–H groups in total. The molecule has 0 unspecified atom stereocenters. The second-order valence-corrected chi connectivity index (χ2v) is 14.5. The maximum Gasteiger partial charge on any atom is 0.330 e. The highest BCUT2D eigenvalue weighted by Gasteiger charge is 2.17. The summed E-state index contributed by atoms with van der Waals surface area (Å²) in [5.74, 6) is -1.71. The van der Waals surface area contributed by atoms with E-state index in [1.165, 1.54) is 52.7 Å².